The minimum Gasteiger partial charge on any atom is -0.377 e. The van der Waals surface area contributed by atoms with E-state index < -0.39 is 0 Å². The molecule has 0 saturated carbocycles. The van der Waals surface area contributed by atoms with Crippen molar-refractivity contribution in [3.63, 3.8) is 0 Å². The number of hydrogen-bond acceptors (Lipinski definition) is 8. The average Bonchev–Trinajstić information content (AvgIpc) is 3.40. The number of ether oxygens (including phenoxy) is 1. The molecule has 0 spiro atoms. The maximum atomic E-state index is 5.28. The highest BCUT2D eigenvalue weighted by atomic mass is 16.5. The molecule has 0 aliphatic carbocycles. The van der Waals surface area contributed by atoms with Crippen LogP contribution in [-0.2, 0) is 4.74 Å². The molecule has 2 aliphatic rings. The van der Waals surface area contributed by atoms with E-state index in [0.29, 0.717) is 6.04 Å². The van der Waals surface area contributed by atoms with Crippen molar-refractivity contribution in [2.75, 3.05) is 49.2 Å². The van der Waals surface area contributed by atoms with Gasteiger partial charge in [-0.25, -0.2) is 19.5 Å². The van der Waals surface area contributed by atoms with Gasteiger partial charge in [-0.2, -0.15) is 10.2 Å². The fourth-order valence-electron chi connectivity index (χ4n) is 4.05. The van der Waals surface area contributed by atoms with E-state index >= 15 is 0 Å². The van der Waals surface area contributed by atoms with Crippen LogP contribution in [0.15, 0.2) is 43.4 Å². The van der Waals surface area contributed by atoms with E-state index in [9.17, 15) is 0 Å². The summed E-state index contributed by atoms with van der Waals surface area (Å²) in [6, 6.07) is 2.48. The first-order chi connectivity index (χ1) is 15.2. The predicted octanol–water partition coefficient (Wildman–Crippen LogP) is 1.59. The van der Waals surface area contributed by atoms with Crippen LogP contribution in [0.25, 0.3) is 16.6 Å². The second-order valence-corrected chi connectivity index (χ2v) is 8.08. The van der Waals surface area contributed by atoms with Gasteiger partial charge in [0.05, 0.1) is 25.5 Å². The number of piperazine rings is 1. The van der Waals surface area contributed by atoms with Crippen LogP contribution in [0, 0.1) is 6.92 Å². The van der Waals surface area contributed by atoms with Gasteiger partial charge in [0.15, 0.2) is 5.82 Å². The van der Waals surface area contributed by atoms with Gasteiger partial charge >= 0.3 is 0 Å². The first-order valence-electron chi connectivity index (χ1n) is 10.5. The summed E-state index contributed by atoms with van der Waals surface area (Å²) >= 11 is 0. The summed E-state index contributed by atoms with van der Waals surface area (Å²) in [4.78, 5) is 18.1. The molecule has 158 valence electrons. The third-order valence-electron chi connectivity index (χ3n) is 5.94. The highest BCUT2D eigenvalue weighted by Crippen LogP contribution is 2.28. The zero-order valence-electron chi connectivity index (χ0n) is 17.3. The molecule has 6 heterocycles. The van der Waals surface area contributed by atoms with Crippen LogP contribution >= 0.6 is 0 Å². The van der Waals surface area contributed by atoms with E-state index in [1.165, 1.54) is 0 Å². The summed E-state index contributed by atoms with van der Waals surface area (Å²) < 4.78 is 9.16. The Morgan fingerprint density at radius 3 is 2.39 bits per heavy atom. The lowest BCUT2D eigenvalue weighted by Crippen LogP contribution is -2.47. The Balaban J connectivity index is 1.23. The Morgan fingerprint density at radius 1 is 0.871 bits per heavy atom. The number of anilines is 2. The quantitative estimate of drug-likeness (QED) is 0.495. The van der Waals surface area contributed by atoms with Crippen molar-refractivity contribution in [3.05, 3.63) is 48.9 Å². The summed E-state index contributed by atoms with van der Waals surface area (Å²) in [7, 11) is 0. The fraction of sp³-hybridized carbons (Fsp3) is 0.381. The number of hydrogen-bond donors (Lipinski definition) is 0. The molecule has 6 rings (SSSR count). The first kappa shape index (κ1) is 18.3. The summed E-state index contributed by atoms with van der Waals surface area (Å²) in [5.74, 6) is 1.74. The van der Waals surface area contributed by atoms with E-state index in [0.717, 1.165) is 73.4 Å². The minimum absolute atomic E-state index is 0.343. The topological polar surface area (TPSA) is 89.5 Å². The Kier molecular flexibility index (Phi) is 4.30. The largest absolute Gasteiger partial charge is 0.377 e. The van der Waals surface area contributed by atoms with Crippen molar-refractivity contribution >= 4 is 17.3 Å². The van der Waals surface area contributed by atoms with Crippen LogP contribution in [-0.4, -0.2) is 73.7 Å². The van der Waals surface area contributed by atoms with Gasteiger partial charge in [0.1, 0.15) is 11.8 Å². The molecule has 0 aromatic carbocycles. The second-order valence-electron chi connectivity index (χ2n) is 8.08. The molecular weight excluding hydrogens is 394 g/mol. The van der Waals surface area contributed by atoms with Crippen LogP contribution in [0.3, 0.4) is 0 Å². The smallest absolute Gasteiger partial charge is 0.225 e. The molecule has 0 N–H and O–H groups in total. The number of aryl methyl sites for hydroxylation is 1. The summed E-state index contributed by atoms with van der Waals surface area (Å²) in [6.45, 7) is 6.86. The van der Waals surface area contributed by atoms with Crippen LogP contribution in [0.5, 0.6) is 0 Å². The van der Waals surface area contributed by atoms with Crippen molar-refractivity contribution in [3.8, 4) is 11.1 Å². The van der Waals surface area contributed by atoms with Crippen LogP contribution in [0.4, 0.5) is 11.8 Å². The van der Waals surface area contributed by atoms with Gasteiger partial charge in [-0.1, -0.05) is 0 Å². The molecule has 10 nitrogen and oxygen atoms in total. The number of fused-ring (bicyclic) bond motifs is 1. The normalized spacial score (nSPS) is 17.3. The highest BCUT2D eigenvalue weighted by molar-refractivity contribution is 5.77. The van der Waals surface area contributed by atoms with E-state index in [1.54, 1.807) is 6.33 Å². The minimum atomic E-state index is 0.343. The van der Waals surface area contributed by atoms with E-state index in [-0.39, 0.29) is 0 Å². The Morgan fingerprint density at radius 2 is 1.65 bits per heavy atom. The summed E-state index contributed by atoms with van der Waals surface area (Å²) in [6.07, 6.45) is 11.4. The molecule has 0 radical (unpaired) electrons. The average molecular weight is 417 g/mol. The van der Waals surface area contributed by atoms with Crippen LogP contribution < -0.4 is 9.80 Å². The summed E-state index contributed by atoms with van der Waals surface area (Å²) in [5, 5.41) is 8.93. The van der Waals surface area contributed by atoms with E-state index in [2.05, 4.69) is 47.2 Å². The molecule has 31 heavy (non-hydrogen) atoms. The van der Waals surface area contributed by atoms with Crippen molar-refractivity contribution in [1.29, 1.82) is 0 Å². The zero-order valence-corrected chi connectivity index (χ0v) is 17.3. The highest BCUT2D eigenvalue weighted by Gasteiger charge is 2.24. The SMILES string of the molecule is Cc1cnc(N2CCN(c3ncnn4cc(-c5cnn(C6COC6)c5)cc34)CC2)nc1. The molecule has 4 aromatic heterocycles. The first-order valence-corrected chi connectivity index (χ1v) is 10.5. The third-order valence-corrected chi connectivity index (χ3v) is 5.94. The molecule has 4 aromatic rings. The van der Waals surface area contributed by atoms with Gasteiger partial charge in [0.25, 0.3) is 0 Å². The van der Waals surface area contributed by atoms with Gasteiger partial charge in [-0.3, -0.25) is 4.68 Å². The number of rotatable bonds is 4. The Labute approximate surface area is 179 Å². The zero-order chi connectivity index (χ0) is 20.8. The fourth-order valence-corrected chi connectivity index (χ4v) is 4.05. The molecule has 0 unspecified atom stereocenters. The molecule has 0 atom stereocenters. The molecule has 2 fully saturated rings. The molecule has 0 bridgehead atoms. The Bertz CT molecular complexity index is 1200. The van der Waals surface area contributed by atoms with Gasteiger partial charge in [-0.05, 0) is 18.6 Å². The molecular formula is C21H23N9O. The van der Waals surface area contributed by atoms with Gasteiger partial charge < -0.3 is 14.5 Å². The Hall–Kier alpha value is -3.53. The maximum absolute atomic E-state index is 5.28. The molecule has 10 heteroatoms. The van der Waals surface area contributed by atoms with Crippen LogP contribution in [0.1, 0.15) is 11.6 Å². The summed E-state index contributed by atoms with van der Waals surface area (Å²) in [5.41, 5.74) is 4.23. The molecule has 2 aliphatic heterocycles. The molecule has 2 saturated heterocycles. The van der Waals surface area contributed by atoms with Crippen molar-refractivity contribution in [2.45, 2.75) is 13.0 Å². The van der Waals surface area contributed by atoms with Gasteiger partial charge in [0.2, 0.25) is 5.95 Å². The second kappa shape index (κ2) is 7.31. The van der Waals surface area contributed by atoms with E-state index in [4.69, 9.17) is 4.74 Å². The van der Waals surface area contributed by atoms with Crippen molar-refractivity contribution in [1.82, 2.24) is 34.3 Å². The van der Waals surface area contributed by atoms with E-state index in [1.807, 2.05) is 40.9 Å². The number of nitrogens with zero attached hydrogens (tertiary/aromatic N) is 9. The standard InChI is InChI=1S/C21H23N9O/c1-15-7-22-21(23-8-15)28-4-2-27(3-5-28)20-19-6-16(10-30(19)26-14-24-20)17-9-25-29(11-17)18-12-31-13-18/h6-11,14,18H,2-5,12-13H2,1H3. The lowest BCUT2D eigenvalue weighted by atomic mass is 10.2. The predicted molar refractivity (Wildman–Crippen MR) is 115 cm³/mol. The lowest BCUT2D eigenvalue weighted by Gasteiger charge is -2.35. The maximum Gasteiger partial charge on any atom is 0.225 e. The van der Waals surface area contributed by atoms with Crippen molar-refractivity contribution in [2.24, 2.45) is 0 Å². The lowest BCUT2D eigenvalue weighted by molar-refractivity contribution is -0.0286. The molecule has 0 amide bonds. The van der Waals surface area contributed by atoms with Gasteiger partial charge in [-0.15, -0.1) is 0 Å². The monoisotopic (exact) mass is 417 g/mol. The van der Waals surface area contributed by atoms with Crippen molar-refractivity contribution < 1.29 is 4.74 Å². The van der Waals surface area contributed by atoms with Gasteiger partial charge in [0, 0.05) is 62.1 Å². The number of aromatic nitrogens is 7. The van der Waals surface area contributed by atoms with Crippen LogP contribution in [0.2, 0.25) is 0 Å². The third kappa shape index (κ3) is 3.28.